The molecule has 0 amide bonds. The molecule has 1 saturated heterocycles. The van der Waals surface area contributed by atoms with Crippen LogP contribution in [0.15, 0.2) is 36.4 Å². The second-order valence-corrected chi connectivity index (χ2v) is 6.64. The molecular formula is C18H18ClFN2O4. The first kappa shape index (κ1) is 18.4. The van der Waals surface area contributed by atoms with E-state index in [2.05, 4.69) is 0 Å². The molecule has 2 aromatic rings. The minimum Gasteiger partial charge on any atom is -0.494 e. The van der Waals surface area contributed by atoms with E-state index in [-0.39, 0.29) is 17.1 Å². The zero-order chi connectivity index (χ0) is 18.9. The van der Waals surface area contributed by atoms with Crippen LogP contribution in [0.1, 0.15) is 18.4 Å². The Bertz CT molecular complexity index is 838. The molecule has 1 aliphatic rings. The van der Waals surface area contributed by atoms with Crippen molar-refractivity contribution >= 4 is 23.0 Å². The summed E-state index contributed by atoms with van der Waals surface area (Å²) in [5.41, 5.74) is -0.512. The van der Waals surface area contributed by atoms with Crippen LogP contribution in [0, 0.1) is 15.9 Å². The van der Waals surface area contributed by atoms with Crippen molar-refractivity contribution in [1.82, 2.24) is 0 Å². The van der Waals surface area contributed by atoms with E-state index < -0.39 is 16.3 Å². The third-order valence-corrected chi connectivity index (χ3v) is 5.08. The largest absolute Gasteiger partial charge is 0.494 e. The van der Waals surface area contributed by atoms with Crippen LogP contribution in [0.3, 0.4) is 0 Å². The van der Waals surface area contributed by atoms with E-state index in [4.69, 9.17) is 16.3 Å². The molecule has 0 saturated carbocycles. The Morgan fingerprint density at radius 1 is 1.31 bits per heavy atom. The second kappa shape index (κ2) is 7.09. The number of benzene rings is 2. The normalized spacial score (nSPS) is 16.4. The third kappa shape index (κ3) is 3.32. The summed E-state index contributed by atoms with van der Waals surface area (Å²) in [5, 5.41) is 22.8. The highest BCUT2D eigenvalue weighted by Gasteiger charge is 2.37. The lowest BCUT2D eigenvalue weighted by molar-refractivity contribution is -0.384. The van der Waals surface area contributed by atoms with Gasteiger partial charge in [0, 0.05) is 29.7 Å². The van der Waals surface area contributed by atoms with Gasteiger partial charge in [-0.3, -0.25) is 10.1 Å². The molecule has 1 aliphatic heterocycles. The molecule has 0 unspecified atom stereocenters. The minimum atomic E-state index is -1.10. The van der Waals surface area contributed by atoms with Crippen molar-refractivity contribution in [3.63, 3.8) is 0 Å². The van der Waals surface area contributed by atoms with Gasteiger partial charge in [-0.2, -0.15) is 0 Å². The van der Waals surface area contributed by atoms with Crippen LogP contribution in [0.5, 0.6) is 5.75 Å². The van der Waals surface area contributed by atoms with Crippen LogP contribution in [-0.2, 0) is 5.60 Å². The molecule has 1 fully saturated rings. The average molecular weight is 381 g/mol. The van der Waals surface area contributed by atoms with Crippen LogP contribution in [-0.4, -0.2) is 30.2 Å². The van der Waals surface area contributed by atoms with Crippen molar-refractivity contribution in [2.45, 2.75) is 18.4 Å². The molecule has 138 valence electrons. The fourth-order valence-electron chi connectivity index (χ4n) is 3.31. The molecule has 1 heterocycles. The number of rotatable bonds is 4. The van der Waals surface area contributed by atoms with Gasteiger partial charge in [-0.15, -0.1) is 0 Å². The Labute approximate surface area is 154 Å². The molecule has 3 rings (SSSR count). The van der Waals surface area contributed by atoms with Crippen LogP contribution in [0.2, 0.25) is 5.02 Å². The van der Waals surface area contributed by atoms with E-state index in [0.717, 1.165) is 6.07 Å². The Balaban J connectivity index is 1.88. The first-order chi connectivity index (χ1) is 12.4. The van der Waals surface area contributed by atoms with Crippen LogP contribution >= 0.6 is 11.6 Å². The van der Waals surface area contributed by atoms with E-state index in [9.17, 15) is 19.6 Å². The highest BCUT2D eigenvalue weighted by molar-refractivity contribution is 6.31. The number of methoxy groups -OCH3 is 1. The van der Waals surface area contributed by atoms with Crippen molar-refractivity contribution in [3.05, 3.63) is 62.9 Å². The Morgan fingerprint density at radius 2 is 1.96 bits per heavy atom. The molecular weight excluding hydrogens is 363 g/mol. The summed E-state index contributed by atoms with van der Waals surface area (Å²) in [6, 6.07) is 9.29. The number of nitro benzene ring substituents is 1. The van der Waals surface area contributed by atoms with E-state index >= 15 is 0 Å². The SMILES string of the molecule is COc1cc(N2CCC(O)(c3ccccc3Cl)CC2)c([N+](=O)[O-])cc1F. The van der Waals surface area contributed by atoms with Gasteiger partial charge in [-0.05, 0) is 18.9 Å². The third-order valence-electron chi connectivity index (χ3n) is 4.75. The lowest BCUT2D eigenvalue weighted by Crippen LogP contribution is -2.43. The average Bonchev–Trinajstić information content (AvgIpc) is 2.62. The lowest BCUT2D eigenvalue weighted by atomic mass is 9.84. The van der Waals surface area contributed by atoms with Crippen LogP contribution < -0.4 is 9.64 Å². The molecule has 2 aromatic carbocycles. The molecule has 0 aromatic heterocycles. The van der Waals surface area contributed by atoms with Gasteiger partial charge in [0.15, 0.2) is 11.6 Å². The van der Waals surface area contributed by atoms with Crippen molar-refractivity contribution in [3.8, 4) is 5.75 Å². The van der Waals surface area contributed by atoms with Gasteiger partial charge in [0.05, 0.1) is 23.7 Å². The van der Waals surface area contributed by atoms with Gasteiger partial charge in [-0.25, -0.2) is 4.39 Å². The predicted molar refractivity (Wildman–Crippen MR) is 96.4 cm³/mol. The number of aliphatic hydroxyl groups is 1. The minimum absolute atomic E-state index is 0.0578. The van der Waals surface area contributed by atoms with Gasteiger partial charge >= 0.3 is 0 Å². The summed E-state index contributed by atoms with van der Waals surface area (Å²) in [6.07, 6.45) is 0.682. The molecule has 0 radical (unpaired) electrons. The van der Waals surface area contributed by atoms with Crippen molar-refractivity contribution < 1.29 is 19.2 Å². The number of piperidine rings is 1. The Morgan fingerprint density at radius 3 is 2.54 bits per heavy atom. The van der Waals surface area contributed by atoms with E-state index in [0.29, 0.717) is 36.5 Å². The molecule has 1 N–H and O–H groups in total. The predicted octanol–water partition coefficient (Wildman–Crippen LogP) is 3.88. The van der Waals surface area contributed by atoms with Gasteiger partial charge < -0.3 is 14.7 Å². The number of ether oxygens (including phenoxy) is 1. The molecule has 0 atom stereocenters. The second-order valence-electron chi connectivity index (χ2n) is 6.23. The van der Waals surface area contributed by atoms with Crippen LogP contribution in [0.25, 0.3) is 0 Å². The summed E-state index contributed by atoms with van der Waals surface area (Å²) in [6.45, 7) is 0.717. The van der Waals surface area contributed by atoms with Gasteiger partial charge in [0.2, 0.25) is 0 Å². The number of nitrogens with zero attached hydrogens (tertiary/aromatic N) is 2. The summed E-state index contributed by atoms with van der Waals surface area (Å²) < 4.78 is 18.8. The van der Waals surface area contributed by atoms with Gasteiger partial charge in [0.25, 0.3) is 5.69 Å². The quantitative estimate of drug-likeness (QED) is 0.643. The van der Waals surface area contributed by atoms with Gasteiger partial charge in [-0.1, -0.05) is 29.8 Å². The highest BCUT2D eigenvalue weighted by atomic mass is 35.5. The maximum absolute atomic E-state index is 13.8. The first-order valence-corrected chi connectivity index (χ1v) is 8.48. The maximum atomic E-state index is 13.8. The van der Waals surface area contributed by atoms with Crippen molar-refractivity contribution in [2.24, 2.45) is 0 Å². The maximum Gasteiger partial charge on any atom is 0.295 e. The number of hydrogen-bond donors (Lipinski definition) is 1. The topological polar surface area (TPSA) is 75.8 Å². The summed E-state index contributed by atoms with van der Waals surface area (Å²) in [5.74, 6) is -0.843. The monoisotopic (exact) mass is 380 g/mol. The zero-order valence-electron chi connectivity index (χ0n) is 14.1. The van der Waals surface area contributed by atoms with Crippen molar-refractivity contribution in [2.75, 3.05) is 25.1 Å². The Hall–Kier alpha value is -2.38. The fourth-order valence-corrected chi connectivity index (χ4v) is 3.63. The molecule has 0 aliphatic carbocycles. The van der Waals surface area contributed by atoms with E-state index in [1.165, 1.54) is 13.2 Å². The first-order valence-electron chi connectivity index (χ1n) is 8.10. The highest BCUT2D eigenvalue weighted by Crippen LogP contribution is 2.41. The number of nitro groups is 1. The molecule has 8 heteroatoms. The summed E-state index contributed by atoms with van der Waals surface area (Å²) in [7, 11) is 1.31. The van der Waals surface area contributed by atoms with E-state index in [1.54, 1.807) is 29.2 Å². The molecule has 0 spiro atoms. The number of halogens is 2. The standard InChI is InChI=1S/C18H18ClFN2O4/c1-26-17-11-15(16(22(24)25)10-14(17)20)21-8-6-18(23,7-9-21)12-4-2-3-5-13(12)19/h2-5,10-11,23H,6-9H2,1H3. The van der Waals surface area contributed by atoms with E-state index in [1.807, 2.05) is 0 Å². The smallest absolute Gasteiger partial charge is 0.295 e. The molecule has 26 heavy (non-hydrogen) atoms. The zero-order valence-corrected chi connectivity index (χ0v) is 14.9. The van der Waals surface area contributed by atoms with Crippen molar-refractivity contribution in [1.29, 1.82) is 0 Å². The summed E-state index contributed by atoms with van der Waals surface area (Å²) >= 11 is 6.20. The number of anilines is 1. The Kier molecular flexibility index (Phi) is 5.02. The lowest BCUT2D eigenvalue weighted by Gasteiger charge is -2.39. The fraction of sp³-hybridized carbons (Fsp3) is 0.333. The number of hydrogen-bond acceptors (Lipinski definition) is 5. The molecule has 6 nitrogen and oxygen atoms in total. The summed E-state index contributed by atoms with van der Waals surface area (Å²) in [4.78, 5) is 12.5. The molecule has 0 bridgehead atoms. The van der Waals surface area contributed by atoms with Gasteiger partial charge in [0.1, 0.15) is 5.69 Å². The van der Waals surface area contributed by atoms with Crippen LogP contribution in [0.4, 0.5) is 15.8 Å².